The standard InChI is InChI=1S/C27H29F6NO3/c1-16(25(35)36)24(17-7-8-17)18-4-2-5-21(13-18)37-22-6-3-11-34(15-22)14-19-12-20(26(28,29)30)9-10-23(19)27(31,32)33/h2,4-5,9-10,12-13,16-17,22,24H,3,6-8,11,14-15H2,1H3,(H,35,36)/t16-,22-,24-/m0/s1. The molecule has 1 N–H and O–H groups in total. The largest absolute Gasteiger partial charge is 0.489 e. The Kier molecular flexibility index (Phi) is 7.78. The molecule has 202 valence electrons. The molecule has 2 fully saturated rings. The van der Waals surface area contributed by atoms with Gasteiger partial charge in [0.1, 0.15) is 11.9 Å². The summed E-state index contributed by atoms with van der Waals surface area (Å²) >= 11 is 0. The van der Waals surface area contributed by atoms with Crippen molar-refractivity contribution in [3.8, 4) is 5.75 Å². The minimum Gasteiger partial charge on any atom is -0.489 e. The number of hydrogen-bond donors (Lipinski definition) is 1. The second-order valence-corrected chi connectivity index (χ2v) is 10.0. The maximum absolute atomic E-state index is 13.5. The number of carboxylic acids is 1. The fourth-order valence-corrected chi connectivity index (χ4v) is 5.24. The number of nitrogens with zero attached hydrogens (tertiary/aromatic N) is 1. The van der Waals surface area contributed by atoms with Gasteiger partial charge in [-0.3, -0.25) is 9.69 Å². The predicted octanol–water partition coefficient (Wildman–Crippen LogP) is 6.98. The van der Waals surface area contributed by atoms with Crippen LogP contribution in [0.4, 0.5) is 26.3 Å². The van der Waals surface area contributed by atoms with Gasteiger partial charge in [0.05, 0.1) is 17.0 Å². The molecule has 0 aromatic heterocycles. The summed E-state index contributed by atoms with van der Waals surface area (Å²) in [6.07, 6.45) is -6.66. The van der Waals surface area contributed by atoms with Gasteiger partial charge in [0.2, 0.25) is 0 Å². The average molecular weight is 530 g/mol. The van der Waals surface area contributed by atoms with E-state index in [0.717, 1.165) is 18.4 Å². The number of aliphatic carboxylic acids is 1. The van der Waals surface area contributed by atoms with Gasteiger partial charge in [-0.05, 0) is 85.5 Å². The Hall–Kier alpha value is -2.75. The molecule has 1 aliphatic carbocycles. The summed E-state index contributed by atoms with van der Waals surface area (Å²) in [4.78, 5) is 13.3. The number of likely N-dealkylation sites (tertiary alicyclic amines) is 1. The number of alkyl halides is 6. The Morgan fingerprint density at radius 2 is 1.78 bits per heavy atom. The van der Waals surface area contributed by atoms with Gasteiger partial charge < -0.3 is 9.84 Å². The van der Waals surface area contributed by atoms with E-state index in [1.165, 1.54) is 0 Å². The number of benzene rings is 2. The summed E-state index contributed by atoms with van der Waals surface area (Å²) in [7, 11) is 0. The van der Waals surface area contributed by atoms with Crippen LogP contribution < -0.4 is 4.74 Å². The fourth-order valence-electron chi connectivity index (χ4n) is 5.24. The maximum Gasteiger partial charge on any atom is 0.416 e. The molecule has 4 nitrogen and oxygen atoms in total. The second-order valence-electron chi connectivity index (χ2n) is 10.0. The van der Waals surface area contributed by atoms with Crippen LogP contribution in [0.2, 0.25) is 0 Å². The van der Waals surface area contributed by atoms with E-state index in [0.29, 0.717) is 49.3 Å². The molecule has 2 aromatic carbocycles. The van der Waals surface area contributed by atoms with Gasteiger partial charge in [0.15, 0.2) is 0 Å². The smallest absolute Gasteiger partial charge is 0.416 e. The minimum atomic E-state index is -4.77. The van der Waals surface area contributed by atoms with Crippen molar-refractivity contribution >= 4 is 5.97 Å². The summed E-state index contributed by atoms with van der Waals surface area (Å²) in [5.41, 5.74) is -1.73. The van der Waals surface area contributed by atoms with Crippen LogP contribution in [0.3, 0.4) is 0 Å². The second kappa shape index (κ2) is 10.6. The number of ether oxygens (including phenoxy) is 1. The van der Waals surface area contributed by atoms with Crippen molar-refractivity contribution in [2.24, 2.45) is 11.8 Å². The number of piperidine rings is 1. The number of hydrogen-bond acceptors (Lipinski definition) is 3. The lowest BCUT2D eigenvalue weighted by Crippen LogP contribution is -2.41. The molecule has 1 saturated carbocycles. The van der Waals surface area contributed by atoms with Gasteiger partial charge in [-0.2, -0.15) is 26.3 Å². The quantitative estimate of drug-likeness (QED) is 0.375. The van der Waals surface area contributed by atoms with E-state index in [1.54, 1.807) is 24.0 Å². The van der Waals surface area contributed by atoms with Gasteiger partial charge in [0.25, 0.3) is 0 Å². The van der Waals surface area contributed by atoms with E-state index >= 15 is 0 Å². The summed E-state index contributed by atoms with van der Waals surface area (Å²) in [6, 6.07) is 8.81. The van der Waals surface area contributed by atoms with Crippen LogP contribution in [0.25, 0.3) is 0 Å². The van der Waals surface area contributed by atoms with Gasteiger partial charge in [0, 0.05) is 13.1 Å². The molecule has 2 aliphatic rings. The van der Waals surface area contributed by atoms with Crippen molar-refractivity contribution in [3.05, 3.63) is 64.7 Å². The third-order valence-corrected chi connectivity index (χ3v) is 7.20. The topological polar surface area (TPSA) is 49.8 Å². The number of halogens is 6. The fraction of sp³-hybridized carbons (Fsp3) is 0.519. The first-order chi connectivity index (χ1) is 17.3. The monoisotopic (exact) mass is 529 g/mol. The summed E-state index contributed by atoms with van der Waals surface area (Å²) in [6.45, 7) is 2.11. The molecular weight excluding hydrogens is 500 g/mol. The van der Waals surface area contributed by atoms with Crippen LogP contribution in [0, 0.1) is 11.8 Å². The molecule has 4 rings (SSSR count). The average Bonchev–Trinajstić information content (AvgIpc) is 3.63. The molecule has 2 aromatic rings. The molecule has 0 spiro atoms. The number of rotatable bonds is 8. The Morgan fingerprint density at radius 3 is 2.41 bits per heavy atom. The van der Waals surface area contributed by atoms with E-state index in [-0.39, 0.29) is 25.1 Å². The molecular formula is C27H29F6NO3. The lowest BCUT2D eigenvalue weighted by Gasteiger charge is -2.33. The highest BCUT2D eigenvalue weighted by atomic mass is 19.4. The van der Waals surface area contributed by atoms with Crippen LogP contribution in [-0.2, 0) is 23.7 Å². The Morgan fingerprint density at radius 1 is 1.05 bits per heavy atom. The highest BCUT2D eigenvalue weighted by molar-refractivity contribution is 5.71. The minimum absolute atomic E-state index is 0.134. The van der Waals surface area contributed by atoms with E-state index in [9.17, 15) is 36.2 Å². The SMILES string of the molecule is C[C@H](C(=O)O)[C@H](c1cccc(O[C@H]2CCCN(Cc3cc(C(F)(F)F)ccc3C(F)(F)F)C2)c1)C1CC1. The molecule has 1 saturated heterocycles. The molecule has 1 heterocycles. The van der Waals surface area contributed by atoms with Crippen molar-refractivity contribution in [1.82, 2.24) is 4.90 Å². The van der Waals surface area contributed by atoms with E-state index in [4.69, 9.17) is 4.74 Å². The van der Waals surface area contributed by atoms with E-state index in [1.807, 2.05) is 12.1 Å². The normalized spacial score (nSPS) is 20.9. The molecule has 1 aliphatic heterocycles. The van der Waals surface area contributed by atoms with Crippen molar-refractivity contribution < 1.29 is 41.0 Å². The zero-order valence-electron chi connectivity index (χ0n) is 20.3. The summed E-state index contributed by atoms with van der Waals surface area (Å²) in [5.74, 6) is -0.697. The summed E-state index contributed by atoms with van der Waals surface area (Å²) in [5, 5.41) is 9.53. The lowest BCUT2D eigenvalue weighted by atomic mass is 9.83. The van der Waals surface area contributed by atoms with Crippen LogP contribution in [0.5, 0.6) is 5.75 Å². The predicted molar refractivity (Wildman–Crippen MR) is 124 cm³/mol. The first-order valence-corrected chi connectivity index (χ1v) is 12.3. The Balaban J connectivity index is 1.48. The van der Waals surface area contributed by atoms with E-state index in [2.05, 4.69) is 0 Å². The van der Waals surface area contributed by atoms with Crippen LogP contribution in [0.15, 0.2) is 42.5 Å². The molecule has 0 bridgehead atoms. The highest BCUT2D eigenvalue weighted by Crippen LogP contribution is 2.47. The molecule has 37 heavy (non-hydrogen) atoms. The summed E-state index contributed by atoms with van der Waals surface area (Å²) < 4.78 is 86.2. The van der Waals surface area contributed by atoms with Crippen LogP contribution in [0.1, 0.15) is 60.8 Å². The zero-order chi connectivity index (χ0) is 27.0. The van der Waals surface area contributed by atoms with Crippen molar-refractivity contribution in [2.45, 2.75) is 63.5 Å². The van der Waals surface area contributed by atoms with E-state index < -0.39 is 40.9 Å². The maximum atomic E-state index is 13.5. The molecule has 0 amide bonds. The first-order valence-electron chi connectivity index (χ1n) is 12.3. The first kappa shape index (κ1) is 27.3. The van der Waals surface area contributed by atoms with Crippen molar-refractivity contribution in [1.29, 1.82) is 0 Å². The Labute approximate surface area is 211 Å². The number of carbonyl (C=O) groups is 1. The van der Waals surface area contributed by atoms with Crippen LogP contribution in [-0.4, -0.2) is 35.2 Å². The molecule has 3 atom stereocenters. The third-order valence-electron chi connectivity index (χ3n) is 7.20. The van der Waals surface area contributed by atoms with Gasteiger partial charge in [-0.15, -0.1) is 0 Å². The lowest BCUT2D eigenvalue weighted by molar-refractivity contribution is -0.142. The molecule has 0 unspecified atom stereocenters. The van der Waals surface area contributed by atoms with Crippen molar-refractivity contribution in [3.63, 3.8) is 0 Å². The van der Waals surface area contributed by atoms with Gasteiger partial charge in [-0.1, -0.05) is 19.1 Å². The zero-order valence-corrected chi connectivity index (χ0v) is 20.3. The van der Waals surface area contributed by atoms with Crippen LogP contribution >= 0.6 is 0 Å². The highest BCUT2D eigenvalue weighted by Gasteiger charge is 2.39. The van der Waals surface area contributed by atoms with Gasteiger partial charge >= 0.3 is 18.3 Å². The third kappa shape index (κ3) is 6.77. The van der Waals surface area contributed by atoms with Crippen molar-refractivity contribution in [2.75, 3.05) is 13.1 Å². The number of carboxylic acid groups (broad SMARTS) is 1. The van der Waals surface area contributed by atoms with Gasteiger partial charge in [-0.25, -0.2) is 0 Å². The Bertz CT molecular complexity index is 1110. The molecule has 0 radical (unpaired) electrons. The molecule has 10 heteroatoms.